The summed E-state index contributed by atoms with van der Waals surface area (Å²) in [6, 6.07) is 0. The van der Waals surface area contributed by atoms with E-state index in [-0.39, 0.29) is 11.9 Å². The first-order valence-electron chi connectivity index (χ1n) is 5.43. The molecule has 0 spiro atoms. The van der Waals surface area contributed by atoms with Crippen LogP contribution in [0.25, 0.3) is 0 Å². The minimum atomic E-state index is -1.03. The number of esters is 1. The molecule has 0 rings (SSSR count). The molecule has 0 aliphatic rings. The number of rotatable bonds is 3. The second-order valence-corrected chi connectivity index (χ2v) is 5.64. The lowest BCUT2D eigenvalue weighted by molar-refractivity contribution is -0.170. The van der Waals surface area contributed by atoms with Gasteiger partial charge in [-0.05, 0) is 40.5 Å². The fourth-order valence-electron chi connectivity index (χ4n) is 1.13. The summed E-state index contributed by atoms with van der Waals surface area (Å²) in [6.45, 7) is 12.6. The summed E-state index contributed by atoms with van der Waals surface area (Å²) in [5.74, 6) is -0.849. The molecular weight excluding hydrogens is 192 g/mol. The Morgan fingerprint density at radius 1 is 1.13 bits per heavy atom. The summed E-state index contributed by atoms with van der Waals surface area (Å²) in [7, 11) is 0. The predicted octanol–water partition coefficient (Wildman–Crippen LogP) is 2.37. The van der Waals surface area contributed by atoms with E-state index in [0.717, 1.165) is 0 Å². The maximum Gasteiger partial charge on any atom is 0.312 e. The molecule has 0 saturated carbocycles. The van der Waals surface area contributed by atoms with Crippen LogP contribution >= 0.6 is 0 Å². The van der Waals surface area contributed by atoms with E-state index in [9.17, 15) is 9.90 Å². The number of aliphatic hydroxyl groups is 1. The zero-order chi connectivity index (χ0) is 12.4. The van der Waals surface area contributed by atoms with Crippen molar-refractivity contribution in [2.24, 2.45) is 11.8 Å². The van der Waals surface area contributed by atoms with Gasteiger partial charge in [-0.25, -0.2) is 0 Å². The molecule has 0 radical (unpaired) electrons. The van der Waals surface area contributed by atoms with Crippen LogP contribution in [0.2, 0.25) is 0 Å². The summed E-state index contributed by atoms with van der Waals surface area (Å²) in [5, 5.41) is 10.1. The molecule has 0 heterocycles. The second kappa shape index (κ2) is 4.52. The van der Waals surface area contributed by atoms with Crippen LogP contribution in [0.4, 0.5) is 0 Å². The summed E-state index contributed by atoms with van der Waals surface area (Å²) in [4.78, 5) is 11.7. The van der Waals surface area contributed by atoms with E-state index in [2.05, 4.69) is 0 Å². The average Bonchev–Trinajstić information content (AvgIpc) is 1.99. The molecule has 90 valence electrons. The third kappa shape index (κ3) is 4.20. The van der Waals surface area contributed by atoms with E-state index >= 15 is 0 Å². The molecule has 3 heteroatoms. The van der Waals surface area contributed by atoms with Gasteiger partial charge in [0.05, 0.1) is 11.5 Å². The minimum absolute atomic E-state index is 0.0139. The normalized spacial score (nSPS) is 18.5. The van der Waals surface area contributed by atoms with Crippen LogP contribution in [-0.2, 0) is 9.53 Å². The Morgan fingerprint density at radius 3 is 1.80 bits per heavy atom. The molecule has 0 aromatic heterocycles. The number of carbonyl (C=O) groups is 1. The van der Waals surface area contributed by atoms with Gasteiger partial charge in [-0.2, -0.15) is 0 Å². The Morgan fingerprint density at radius 2 is 1.53 bits per heavy atom. The molecule has 0 aromatic rings. The largest absolute Gasteiger partial charge is 0.460 e. The highest BCUT2D eigenvalue weighted by Crippen LogP contribution is 2.27. The second-order valence-electron chi connectivity index (χ2n) is 5.64. The van der Waals surface area contributed by atoms with Crippen molar-refractivity contribution in [1.82, 2.24) is 0 Å². The summed E-state index contributed by atoms with van der Waals surface area (Å²) < 4.78 is 5.24. The van der Waals surface area contributed by atoms with Gasteiger partial charge >= 0.3 is 5.97 Å². The van der Waals surface area contributed by atoms with Crippen LogP contribution < -0.4 is 0 Å². The topological polar surface area (TPSA) is 46.5 Å². The standard InChI is InChI=1S/C12H24O3/c1-8(2)12(7,14)9(3)10(13)15-11(4,5)6/h8-9,14H,1-7H3. The highest BCUT2D eigenvalue weighted by molar-refractivity contribution is 5.73. The Balaban J connectivity index is 4.59. The van der Waals surface area contributed by atoms with Gasteiger partial charge < -0.3 is 9.84 Å². The molecule has 2 unspecified atom stereocenters. The van der Waals surface area contributed by atoms with Crippen molar-refractivity contribution in [3.05, 3.63) is 0 Å². The first-order valence-corrected chi connectivity index (χ1v) is 5.43. The SMILES string of the molecule is CC(C)C(C)(O)C(C)C(=O)OC(C)(C)C. The van der Waals surface area contributed by atoms with Crippen LogP contribution in [0.3, 0.4) is 0 Å². The Bertz CT molecular complexity index is 224. The number of ether oxygens (including phenoxy) is 1. The van der Waals surface area contributed by atoms with Crippen LogP contribution in [-0.4, -0.2) is 22.3 Å². The Hall–Kier alpha value is -0.570. The summed E-state index contributed by atoms with van der Waals surface area (Å²) >= 11 is 0. The van der Waals surface area contributed by atoms with Gasteiger partial charge in [0.25, 0.3) is 0 Å². The average molecular weight is 216 g/mol. The summed E-state index contributed by atoms with van der Waals surface area (Å²) in [6.07, 6.45) is 0. The third-order valence-corrected chi connectivity index (χ3v) is 2.81. The maximum absolute atomic E-state index is 11.7. The van der Waals surface area contributed by atoms with Gasteiger partial charge in [0.1, 0.15) is 5.60 Å². The smallest absolute Gasteiger partial charge is 0.312 e. The molecule has 0 aliphatic heterocycles. The lowest BCUT2D eigenvalue weighted by Gasteiger charge is -2.34. The monoisotopic (exact) mass is 216 g/mol. The highest BCUT2D eigenvalue weighted by Gasteiger charge is 2.38. The van der Waals surface area contributed by atoms with E-state index in [1.54, 1.807) is 13.8 Å². The van der Waals surface area contributed by atoms with Gasteiger partial charge in [-0.15, -0.1) is 0 Å². The molecule has 3 nitrogen and oxygen atoms in total. The Labute approximate surface area is 92.8 Å². The quantitative estimate of drug-likeness (QED) is 0.737. The van der Waals surface area contributed by atoms with Gasteiger partial charge in [0, 0.05) is 0 Å². The highest BCUT2D eigenvalue weighted by atomic mass is 16.6. The molecule has 2 atom stereocenters. The van der Waals surface area contributed by atoms with E-state index in [1.807, 2.05) is 34.6 Å². The summed E-state index contributed by atoms with van der Waals surface area (Å²) in [5.41, 5.74) is -1.53. The van der Waals surface area contributed by atoms with Crippen molar-refractivity contribution < 1.29 is 14.6 Å². The van der Waals surface area contributed by atoms with E-state index in [0.29, 0.717) is 0 Å². The molecule has 15 heavy (non-hydrogen) atoms. The maximum atomic E-state index is 11.7. The molecule has 0 amide bonds. The van der Waals surface area contributed by atoms with Gasteiger partial charge in [0.2, 0.25) is 0 Å². The van der Waals surface area contributed by atoms with Crippen LogP contribution in [0.5, 0.6) is 0 Å². The molecule has 0 aliphatic carbocycles. The molecular formula is C12H24O3. The Kier molecular flexibility index (Phi) is 4.35. The fraction of sp³-hybridized carbons (Fsp3) is 0.917. The zero-order valence-corrected chi connectivity index (χ0v) is 10.9. The van der Waals surface area contributed by atoms with Crippen molar-refractivity contribution in [2.45, 2.75) is 59.7 Å². The fourth-order valence-corrected chi connectivity index (χ4v) is 1.13. The van der Waals surface area contributed by atoms with Crippen molar-refractivity contribution in [1.29, 1.82) is 0 Å². The van der Waals surface area contributed by atoms with Gasteiger partial charge in [0.15, 0.2) is 0 Å². The molecule has 1 N–H and O–H groups in total. The number of hydrogen-bond donors (Lipinski definition) is 1. The van der Waals surface area contributed by atoms with E-state index in [1.165, 1.54) is 0 Å². The predicted molar refractivity (Wildman–Crippen MR) is 60.5 cm³/mol. The minimum Gasteiger partial charge on any atom is -0.460 e. The first kappa shape index (κ1) is 14.4. The molecule has 0 saturated heterocycles. The number of carbonyl (C=O) groups excluding carboxylic acids is 1. The molecule has 0 aromatic carbocycles. The lowest BCUT2D eigenvalue weighted by Crippen LogP contribution is -2.44. The van der Waals surface area contributed by atoms with Gasteiger partial charge in [-0.1, -0.05) is 13.8 Å². The van der Waals surface area contributed by atoms with Crippen molar-refractivity contribution >= 4 is 5.97 Å². The molecule has 0 fully saturated rings. The third-order valence-electron chi connectivity index (χ3n) is 2.81. The van der Waals surface area contributed by atoms with E-state index < -0.39 is 17.1 Å². The van der Waals surface area contributed by atoms with Crippen molar-refractivity contribution in [3.8, 4) is 0 Å². The van der Waals surface area contributed by atoms with Crippen LogP contribution in [0, 0.1) is 11.8 Å². The first-order chi connectivity index (χ1) is 6.48. The zero-order valence-electron chi connectivity index (χ0n) is 10.9. The van der Waals surface area contributed by atoms with Crippen LogP contribution in [0.15, 0.2) is 0 Å². The lowest BCUT2D eigenvalue weighted by atomic mass is 9.81. The van der Waals surface area contributed by atoms with E-state index in [4.69, 9.17) is 4.74 Å². The van der Waals surface area contributed by atoms with Crippen molar-refractivity contribution in [2.75, 3.05) is 0 Å². The van der Waals surface area contributed by atoms with Crippen LogP contribution in [0.1, 0.15) is 48.5 Å². The molecule has 0 bridgehead atoms. The van der Waals surface area contributed by atoms with Gasteiger partial charge in [-0.3, -0.25) is 4.79 Å². The number of hydrogen-bond acceptors (Lipinski definition) is 3. The van der Waals surface area contributed by atoms with Crippen molar-refractivity contribution in [3.63, 3.8) is 0 Å².